The number of amides is 1. The largest absolute Gasteiger partial charge is 0.391 e. The Morgan fingerprint density at radius 3 is 2.78 bits per heavy atom. The topological polar surface area (TPSA) is 66.3 Å². The second-order valence-corrected chi connectivity index (χ2v) is 5.86. The number of aryl methyl sites for hydroxylation is 2. The van der Waals surface area contributed by atoms with E-state index in [4.69, 9.17) is 0 Å². The molecule has 1 amide bonds. The smallest absolute Gasteiger partial charge is 0.273 e. The molecule has 2 unspecified atom stereocenters. The number of likely N-dealkylation sites (tertiary alicyclic amines) is 1. The zero-order valence-corrected chi connectivity index (χ0v) is 13.0. The Morgan fingerprint density at radius 1 is 1.30 bits per heavy atom. The molecule has 0 saturated carbocycles. The summed E-state index contributed by atoms with van der Waals surface area (Å²) in [6.07, 6.45) is -0.241. The van der Waals surface area contributed by atoms with Crippen molar-refractivity contribution in [2.24, 2.45) is 0 Å². The second-order valence-electron chi connectivity index (χ2n) is 5.86. The SMILES string of the molecule is Cc1cc(C(=O)N2CC(O)CC2c2cccc(F)c2)nc(C)n1. The highest BCUT2D eigenvalue weighted by Crippen LogP contribution is 2.33. The number of hydrogen-bond donors (Lipinski definition) is 1. The zero-order chi connectivity index (χ0) is 16.6. The van der Waals surface area contributed by atoms with E-state index in [-0.39, 0.29) is 24.3 Å². The Labute approximate surface area is 133 Å². The van der Waals surface area contributed by atoms with Crippen LogP contribution < -0.4 is 0 Å². The summed E-state index contributed by atoms with van der Waals surface area (Å²) in [5, 5.41) is 9.99. The van der Waals surface area contributed by atoms with Crippen LogP contribution in [0.3, 0.4) is 0 Å². The van der Waals surface area contributed by atoms with Crippen LogP contribution in [0, 0.1) is 19.7 Å². The lowest BCUT2D eigenvalue weighted by Crippen LogP contribution is -2.32. The standard InChI is InChI=1S/C17H18FN3O2/c1-10-6-15(20-11(2)19-10)17(23)21-9-14(22)8-16(21)12-4-3-5-13(18)7-12/h3-7,14,16,22H,8-9H2,1-2H3. The van der Waals surface area contributed by atoms with Crippen LogP contribution in [0.1, 0.15) is 40.0 Å². The van der Waals surface area contributed by atoms with Crippen molar-refractivity contribution >= 4 is 5.91 Å². The van der Waals surface area contributed by atoms with Gasteiger partial charge in [0.2, 0.25) is 0 Å². The van der Waals surface area contributed by atoms with Crippen LogP contribution >= 0.6 is 0 Å². The first-order valence-corrected chi connectivity index (χ1v) is 7.51. The van der Waals surface area contributed by atoms with E-state index in [1.165, 1.54) is 12.1 Å². The maximum atomic E-state index is 13.5. The molecule has 23 heavy (non-hydrogen) atoms. The van der Waals surface area contributed by atoms with E-state index in [1.807, 2.05) is 0 Å². The van der Waals surface area contributed by atoms with Gasteiger partial charge < -0.3 is 10.0 Å². The van der Waals surface area contributed by atoms with E-state index in [0.29, 0.717) is 29.2 Å². The third kappa shape index (κ3) is 3.22. The molecule has 1 N–H and O–H groups in total. The van der Waals surface area contributed by atoms with Crippen molar-refractivity contribution < 1.29 is 14.3 Å². The molecule has 2 atom stereocenters. The van der Waals surface area contributed by atoms with Gasteiger partial charge in [0.15, 0.2) is 0 Å². The fraction of sp³-hybridized carbons (Fsp3) is 0.353. The lowest BCUT2D eigenvalue weighted by Gasteiger charge is -2.24. The fourth-order valence-electron chi connectivity index (χ4n) is 3.04. The molecule has 1 fully saturated rings. The number of halogens is 1. The van der Waals surface area contributed by atoms with E-state index in [2.05, 4.69) is 9.97 Å². The van der Waals surface area contributed by atoms with Crippen LogP contribution in [0.4, 0.5) is 4.39 Å². The number of aromatic nitrogens is 2. The van der Waals surface area contributed by atoms with E-state index >= 15 is 0 Å². The predicted octanol–water partition coefficient (Wildman–Crippen LogP) is 2.18. The van der Waals surface area contributed by atoms with Gasteiger partial charge in [0, 0.05) is 12.2 Å². The average molecular weight is 315 g/mol. The predicted molar refractivity (Wildman–Crippen MR) is 82.3 cm³/mol. The zero-order valence-electron chi connectivity index (χ0n) is 13.0. The van der Waals surface area contributed by atoms with Crippen LogP contribution in [0.5, 0.6) is 0 Å². The maximum Gasteiger partial charge on any atom is 0.273 e. The molecule has 1 aliphatic heterocycles. The summed E-state index contributed by atoms with van der Waals surface area (Å²) in [5.74, 6) is -0.107. The van der Waals surface area contributed by atoms with Crippen molar-refractivity contribution in [3.05, 3.63) is 58.9 Å². The van der Waals surface area contributed by atoms with Crippen molar-refractivity contribution in [1.82, 2.24) is 14.9 Å². The number of rotatable bonds is 2. The lowest BCUT2D eigenvalue weighted by molar-refractivity contribution is 0.0709. The molecule has 3 rings (SSSR count). The van der Waals surface area contributed by atoms with Crippen LogP contribution in [0.15, 0.2) is 30.3 Å². The van der Waals surface area contributed by atoms with Gasteiger partial charge in [-0.2, -0.15) is 0 Å². The maximum absolute atomic E-state index is 13.5. The summed E-state index contributed by atoms with van der Waals surface area (Å²) in [4.78, 5) is 22.7. The summed E-state index contributed by atoms with van der Waals surface area (Å²) in [6.45, 7) is 3.74. The fourth-order valence-corrected chi connectivity index (χ4v) is 3.04. The van der Waals surface area contributed by atoms with Gasteiger partial charge >= 0.3 is 0 Å². The van der Waals surface area contributed by atoms with Gasteiger partial charge in [-0.1, -0.05) is 12.1 Å². The number of nitrogens with zero attached hydrogens (tertiary/aromatic N) is 3. The molecule has 5 nitrogen and oxygen atoms in total. The number of carbonyl (C=O) groups is 1. The first kappa shape index (κ1) is 15.6. The summed E-state index contributed by atoms with van der Waals surface area (Å²) in [7, 11) is 0. The summed E-state index contributed by atoms with van der Waals surface area (Å²) in [5.41, 5.74) is 1.69. The van der Waals surface area contributed by atoms with Crippen molar-refractivity contribution in [2.45, 2.75) is 32.4 Å². The summed E-state index contributed by atoms with van der Waals surface area (Å²) < 4.78 is 13.5. The van der Waals surface area contributed by atoms with Gasteiger partial charge in [-0.25, -0.2) is 14.4 Å². The molecule has 1 saturated heterocycles. The van der Waals surface area contributed by atoms with Gasteiger partial charge in [0.05, 0.1) is 12.1 Å². The lowest BCUT2D eigenvalue weighted by atomic mass is 10.0. The number of aliphatic hydroxyl groups excluding tert-OH is 1. The molecule has 0 radical (unpaired) electrons. The van der Waals surface area contributed by atoms with Crippen LogP contribution in [0.25, 0.3) is 0 Å². The molecule has 1 aromatic heterocycles. The van der Waals surface area contributed by atoms with Crippen LogP contribution in [-0.4, -0.2) is 38.5 Å². The number of hydrogen-bond acceptors (Lipinski definition) is 4. The molecule has 0 aliphatic carbocycles. The number of β-amino-alcohol motifs (C(OH)–C–C–N with tert-alkyl or cyclic N) is 1. The highest BCUT2D eigenvalue weighted by atomic mass is 19.1. The van der Waals surface area contributed by atoms with Gasteiger partial charge in [-0.3, -0.25) is 4.79 Å². The number of aliphatic hydroxyl groups is 1. The van der Waals surface area contributed by atoms with Crippen molar-refractivity contribution in [3.63, 3.8) is 0 Å². The second kappa shape index (κ2) is 6.04. The molecule has 1 aromatic carbocycles. The third-order valence-electron chi connectivity index (χ3n) is 3.96. The Balaban J connectivity index is 1.94. The molecule has 0 spiro atoms. The number of benzene rings is 1. The molecule has 2 heterocycles. The first-order chi connectivity index (χ1) is 10.9. The molecule has 6 heteroatoms. The summed E-state index contributed by atoms with van der Waals surface area (Å²) in [6, 6.07) is 7.41. The Bertz CT molecular complexity index is 730. The minimum Gasteiger partial charge on any atom is -0.391 e. The minimum atomic E-state index is -0.628. The highest BCUT2D eigenvalue weighted by molar-refractivity contribution is 5.93. The molecular formula is C17H18FN3O2. The van der Waals surface area contributed by atoms with E-state index < -0.39 is 6.10 Å². The van der Waals surface area contributed by atoms with Crippen molar-refractivity contribution in [2.75, 3.05) is 6.54 Å². The quantitative estimate of drug-likeness (QED) is 0.922. The van der Waals surface area contributed by atoms with Gasteiger partial charge in [-0.05, 0) is 44.0 Å². The Morgan fingerprint density at radius 2 is 2.09 bits per heavy atom. The van der Waals surface area contributed by atoms with E-state index in [0.717, 1.165) is 0 Å². The number of carbonyl (C=O) groups excluding carboxylic acids is 1. The van der Waals surface area contributed by atoms with Crippen molar-refractivity contribution in [1.29, 1.82) is 0 Å². The normalized spacial score (nSPS) is 20.8. The summed E-state index contributed by atoms with van der Waals surface area (Å²) >= 11 is 0. The molecular weight excluding hydrogens is 297 g/mol. The van der Waals surface area contributed by atoms with Gasteiger partial charge in [-0.15, -0.1) is 0 Å². The molecule has 2 aromatic rings. The Kier molecular flexibility index (Phi) is 4.09. The van der Waals surface area contributed by atoms with E-state index in [1.54, 1.807) is 36.9 Å². The van der Waals surface area contributed by atoms with Crippen LogP contribution in [-0.2, 0) is 0 Å². The molecule has 1 aliphatic rings. The first-order valence-electron chi connectivity index (χ1n) is 7.51. The monoisotopic (exact) mass is 315 g/mol. The van der Waals surface area contributed by atoms with E-state index in [9.17, 15) is 14.3 Å². The minimum absolute atomic E-state index is 0.210. The highest BCUT2D eigenvalue weighted by Gasteiger charge is 2.36. The molecule has 0 bridgehead atoms. The Hall–Kier alpha value is -2.34. The van der Waals surface area contributed by atoms with Gasteiger partial charge in [0.25, 0.3) is 5.91 Å². The van der Waals surface area contributed by atoms with Crippen LogP contribution in [0.2, 0.25) is 0 Å². The van der Waals surface area contributed by atoms with Crippen molar-refractivity contribution in [3.8, 4) is 0 Å². The third-order valence-corrected chi connectivity index (χ3v) is 3.96. The average Bonchev–Trinajstić information content (AvgIpc) is 2.87. The van der Waals surface area contributed by atoms with Gasteiger partial charge in [0.1, 0.15) is 17.3 Å². The molecule has 120 valence electrons.